The third-order valence-electron chi connectivity index (χ3n) is 3.35. The summed E-state index contributed by atoms with van der Waals surface area (Å²) in [5.41, 5.74) is -0.0957. The minimum atomic E-state index is -4.36. The van der Waals surface area contributed by atoms with E-state index in [1.165, 1.54) is 6.07 Å². The number of benzene rings is 1. The van der Waals surface area contributed by atoms with Crippen LogP contribution in [-0.4, -0.2) is 5.78 Å². The van der Waals surface area contributed by atoms with Gasteiger partial charge < -0.3 is 0 Å². The van der Waals surface area contributed by atoms with Gasteiger partial charge >= 0.3 is 6.18 Å². The second-order valence-electron chi connectivity index (χ2n) is 5.07. The zero-order valence-electron chi connectivity index (χ0n) is 9.69. The van der Waals surface area contributed by atoms with Gasteiger partial charge in [0.25, 0.3) is 0 Å². The van der Waals surface area contributed by atoms with Crippen molar-refractivity contribution in [2.24, 2.45) is 0 Å². The van der Waals surface area contributed by atoms with Crippen molar-refractivity contribution in [3.05, 3.63) is 34.9 Å². The molecule has 0 heterocycles. The lowest BCUT2D eigenvalue weighted by atomic mass is 9.72. The second-order valence-corrected chi connectivity index (χ2v) is 5.07. The summed E-state index contributed by atoms with van der Waals surface area (Å²) in [6, 6.07) is 3.41. The van der Waals surface area contributed by atoms with Crippen molar-refractivity contribution >= 4 is 5.78 Å². The van der Waals surface area contributed by atoms with Gasteiger partial charge in [-0.05, 0) is 29.5 Å². The molecule has 0 aliphatic heterocycles. The molecule has 0 bridgehead atoms. The summed E-state index contributed by atoms with van der Waals surface area (Å²) in [7, 11) is 0. The average Bonchev–Trinajstić information content (AvgIpc) is 2.22. The predicted octanol–water partition coefficient (Wildman–Crippen LogP) is 3.96. The van der Waals surface area contributed by atoms with E-state index in [0.29, 0.717) is 24.0 Å². The first kappa shape index (κ1) is 12.1. The van der Waals surface area contributed by atoms with Gasteiger partial charge in [0, 0.05) is 12.0 Å². The molecule has 0 saturated carbocycles. The van der Waals surface area contributed by atoms with Crippen molar-refractivity contribution in [1.82, 2.24) is 0 Å². The molecule has 0 unspecified atom stereocenters. The SMILES string of the molecule is CC1(C)CCC(=O)c2ccc(C(F)(F)F)cc21. The highest BCUT2D eigenvalue weighted by Gasteiger charge is 2.36. The molecule has 0 amide bonds. The minimum absolute atomic E-state index is 0.0620. The molecule has 0 N–H and O–H groups in total. The highest BCUT2D eigenvalue weighted by Crippen LogP contribution is 2.40. The quantitative estimate of drug-likeness (QED) is 0.673. The number of hydrogen-bond acceptors (Lipinski definition) is 1. The van der Waals surface area contributed by atoms with E-state index >= 15 is 0 Å². The van der Waals surface area contributed by atoms with Crippen LogP contribution < -0.4 is 0 Å². The van der Waals surface area contributed by atoms with Crippen LogP contribution in [0, 0.1) is 0 Å². The summed E-state index contributed by atoms with van der Waals surface area (Å²) >= 11 is 0. The van der Waals surface area contributed by atoms with Crippen molar-refractivity contribution in [2.75, 3.05) is 0 Å². The van der Waals surface area contributed by atoms with Gasteiger partial charge in [0.15, 0.2) is 5.78 Å². The second kappa shape index (κ2) is 3.59. The number of alkyl halides is 3. The summed E-state index contributed by atoms with van der Waals surface area (Å²) in [4.78, 5) is 11.7. The summed E-state index contributed by atoms with van der Waals surface area (Å²) in [6.45, 7) is 3.75. The molecule has 92 valence electrons. The van der Waals surface area contributed by atoms with Crippen molar-refractivity contribution in [3.8, 4) is 0 Å². The first-order valence-electron chi connectivity index (χ1n) is 5.47. The van der Waals surface area contributed by atoms with Gasteiger partial charge in [0.1, 0.15) is 0 Å². The van der Waals surface area contributed by atoms with Crippen LogP contribution in [0.15, 0.2) is 18.2 Å². The number of ketones is 1. The van der Waals surface area contributed by atoms with E-state index in [4.69, 9.17) is 0 Å². The molecule has 1 aliphatic carbocycles. The number of rotatable bonds is 0. The fourth-order valence-corrected chi connectivity index (χ4v) is 2.22. The van der Waals surface area contributed by atoms with Crippen LogP contribution in [0.2, 0.25) is 0 Å². The van der Waals surface area contributed by atoms with Crippen LogP contribution in [0.3, 0.4) is 0 Å². The molecule has 1 aromatic rings. The fourth-order valence-electron chi connectivity index (χ4n) is 2.22. The van der Waals surface area contributed by atoms with E-state index in [0.717, 1.165) is 12.1 Å². The Morgan fingerprint density at radius 2 is 1.88 bits per heavy atom. The third kappa shape index (κ3) is 2.08. The summed E-state index contributed by atoms with van der Waals surface area (Å²) in [5, 5.41) is 0. The number of hydrogen-bond donors (Lipinski definition) is 0. The van der Waals surface area contributed by atoms with Gasteiger partial charge in [-0.1, -0.05) is 19.9 Å². The van der Waals surface area contributed by atoms with Gasteiger partial charge in [-0.15, -0.1) is 0 Å². The van der Waals surface area contributed by atoms with Crippen LogP contribution in [-0.2, 0) is 11.6 Å². The first-order valence-corrected chi connectivity index (χ1v) is 5.47. The van der Waals surface area contributed by atoms with E-state index in [-0.39, 0.29) is 11.2 Å². The predicted molar refractivity (Wildman–Crippen MR) is 58.0 cm³/mol. The first-order chi connectivity index (χ1) is 7.72. The highest BCUT2D eigenvalue weighted by atomic mass is 19.4. The Hall–Kier alpha value is -1.32. The molecular weight excluding hydrogens is 229 g/mol. The number of fused-ring (bicyclic) bond motifs is 1. The van der Waals surface area contributed by atoms with E-state index < -0.39 is 11.7 Å². The summed E-state index contributed by atoms with van der Waals surface area (Å²) in [5.74, 6) is -0.0620. The monoisotopic (exact) mass is 242 g/mol. The Bertz CT molecular complexity index is 472. The summed E-state index contributed by atoms with van der Waals surface area (Å²) in [6.07, 6.45) is -3.35. The zero-order chi connectivity index (χ0) is 12.8. The Balaban J connectivity index is 2.60. The lowest BCUT2D eigenvalue weighted by Crippen LogP contribution is -2.28. The van der Waals surface area contributed by atoms with Crippen molar-refractivity contribution in [1.29, 1.82) is 0 Å². The molecule has 0 aromatic heterocycles. The summed E-state index contributed by atoms with van der Waals surface area (Å²) < 4.78 is 37.9. The minimum Gasteiger partial charge on any atom is -0.294 e. The molecule has 1 aromatic carbocycles. The molecule has 0 atom stereocenters. The fraction of sp³-hybridized carbons (Fsp3) is 0.462. The van der Waals surface area contributed by atoms with Gasteiger partial charge in [0.05, 0.1) is 5.56 Å². The van der Waals surface area contributed by atoms with Crippen LogP contribution in [0.4, 0.5) is 13.2 Å². The number of carbonyl (C=O) groups is 1. The van der Waals surface area contributed by atoms with Gasteiger partial charge in [-0.3, -0.25) is 4.79 Å². The normalized spacial score (nSPS) is 19.0. The van der Waals surface area contributed by atoms with Crippen LogP contribution >= 0.6 is 0 Å². The standard InChI is InChI=1S/C13H13F3O/c1-12(2)6-5-11(17)9-4-3-8(7-10(9)12)13(14,15)16/h3-4,7H,5-6H2,1-2H3. The Labute approximate surface area is 97.6 Å². The van der Waals surface area contributed by atoms with Crippen LogP contribution in [0.5, 0.6) is 0 Å². The Kier molecular flexibility index (Phi) is 2.56. The number of carbonyl (C=O) groups excluding carboxylic acids is 1. The molecule has 0 radical (unpaired) electrons. The van der Waals surface area contributed by atoms with Crippen molar-refractivity contribution in [2.45, 2.75) is 38.3 Å². The molecule has 2 rings (SSSR count). The van der Waals surface area contributed by atoms with E-state index in [1.807, 2.05) is 13.8 Å². The maximum atomic E-state index is 12.6. The third-order valence-corrected chi connectivity index (χ3v) is 3.35. The van der Waals surface area contributed by atoms with E-state index in [9.17, 15) is 18.0 Å². The topological polar surface area (TPSA) is 17.1 Å². The van der Waals surface area contributed by atoms with Crippen molar-refractivity contribution < 1.29 is 18.0 Å². The molecule has 0 fully saturated rings. The van der Waals surface area contributed by atoms with Crippen molar-refractivity contribution in [3.63, 3.8) is 0 Å². The lowest BCUT2D eigenvalue weighted by Gasteiger charge is -2.32. The largest absolute Gasteiger partial charge is 0.416 e. The Morgan fingerprint density at radius 3 is 2.47 bits per heavy atom. The van der Waals surface area contributed by atoms with Gasteiger partial charge in [0.2, 0.25) is 0 Å². The molecule has 1 aliphatic rings. The molecular formula is C13H13F3O. The smallest absolute Gasteiger partial charge is 0.294 e. The van der Waals surface area contributed by atoms with E-state index in [1.54, 1.807) is 0 Å². The molecule has 0 spiro atoms. The maximum absolute atomic E-state index is 12.6. The molecule has 0 saturated heterocycles. The molecule has 17 heavy (non-hydrogen) atoms. The van der Waals surface area contributed by atoms with Crippen LogP contribution in [0.25, 0.3) is 0 Å². The average molecular weight is 242 g/mol. The zero-order valence-corrected chi connectivity index (χ0v) is 9.69. The van der Waals surface area contributed by atoms with E-state index in [2.05, 4.69) is 0 Å². The van der Waals surface area contributed by atoms with Gasteiger partial charge in [-0.2, -0.15) is 13.2 Å². The molecule has 4 heteroatoms. The number of halogens is 3. The Morgan fingerprint density at radius 1 is 1.24 bits per heavy atom. The van der Waals surface area contributed by atoms with Crippen LogP contribution in [0.1, 0.15) is 48.2 Å². The van der Waals surface area contributed by atoms with Gasteiger partial charge in [-0.25, -0.2) is 0 Å². The highest BCUT2D eigenvalue weighted by molar-refractivity contribution is 5.99. The lowest BCUT2D eigenvalue weighted by molar-refractivity contribution is -0.137. The maximum Gasteiger partial charge on any atom is 0.416 e. The molecule has 1 nitrogen and oxygen atoms in total. The number of Topliss-reactive ketones (excluding diaryl/α,β-unsaturated/α-hetero) is 1.